The van der Waals surface area contributed by atoms with Gasteiger partial charge in [0.25, 0.3) is 5.91 Å². The molecule has 0 saturated heterocycles. The summed E-state index contributed by atoms with van der Waals surface area (Å²) >= 11 is 5.93. The summed E-state index contributed by atoms with van der Waals surface area (Å²) in [7, 11) is -3.39. The van der Waals surface area contributed by atoms with E-state index in [4.69, 9.17) is 16.1 Å². The zero-order valence-corrected chi connectivity index (χ0v) is 15.2. The number of aromatic nitrogens is 2. The Bertz CT molecular complexity index is 1060. The first-order valence-electron chi connectivity index (χ1n) is 7.50. The van der Waals surface area contributed by atoms with Crippen LogP contribution >= 0.6 is 11.6 Å². The third kappa shape index (κ3) is 4.27. The van der Waals surface area contributed by atoms with Crippen molar-refractivity contribution in [3.05, 3.63) is 65.0 Å². The van der Waals surface area contributed by atoms with Crippen LogP contribution in [0, 0.1) is 0 Å². The van der Waals surface area contributed by atoms with Gasteiger partial charge in [-0.1, -0.05) is 35.0 Å². The highest BCUT2D eigenvalue weighted by Crippen LogP contribution is 2.20. The number of amides is 1. The molecule has 0 aliphatic rings. The second kappa shape index (κ2) is 7.27. The Morgan fingerprint density at radius 2 is 1.96 bits per heavy atom. The van der Waals surface area contributed by atoms with Crippen molar-refractivity contribution < 1.29 is 17.7 Å². The number of carbonyl (C=O) groups is 1. The largest absolute Gasteiger partial charge is 0.343 e. The molecule has 0 bridgehead atoms. The van der Waals surface area contributed by atoms with Crippen LogP contribution in [0.25, 0.3) is 11.4 Å². The molecule has 0 spiro atoms. The minimum atomic E-state index is -3.39. The molecule has 2 aromatic carbocycles. The lowest BCUT2D eigenvalue weighted by atomic mass is 10.2. The average Bonchev–Trinajstić information content (AvgIpc) is 3.08. The van der Waals surface area contributed by atoms with Gasteiger partial charge in [0.15, 0.2) is 9.84 Å². The maximum absolute atomic E-state index is 12.2. The summed E-state index contributed by atoms with van der Waals surface area (Å²) in [5, 5.41) is 7.01. The van der Waals surface area contributed by atoms with Crippen LogP contribution in [-0.2, 0) is 16.4 Å². The van der Waals surface area contributed by atoms with E-state index in [0.717, 1.165) is 6.26 Å². The van der Waals surface area contributed by atoms with Crippen molar-refractivity contribution in [2.45, 2.75) is 11.4 Å². The van der Waals surface area contributed by atoms with E-state index < -0.39 is 15.7 Å². The monoisotopic (exact) mass is 391 g/mol. The van der Waals surface area contributed by atoms with E-state index in [-0.39, 0.29) is 22.9 Å². The summed E-state index contributed by atoms with van der Waals surface area (Å²) in [5.74, 6) is 0.126. The number of rotatable bonds is 5. The molecule has 1 N–H and O–H groups in total. The smallest absolute Gasteiger partial charge is 0.251 e. The van der Waals surface area contributed by atoms with Crippen LogP contribution in [0.5, 0.6) is 0 Å². The second-order valence-electron chi connectivity index (χ2n) is 5.50. The van der Waals surface area contributed by atoms with Crippen molar-refractivity contribution in [3.63, 3.8) is 0 Å². The number of halogens is 1. The van der Waals surface area contributed by atoms with Gasteiger partial charge in [-0.3, -0.25) is 4.79 Å². The van der Waals surface area contributed by atoms with Crippen LogP contribution in [0.1, 0.15) is 16.2 Å². The highest BCUT2D eigenvalue weighted by atomic mass is 35.5. The summed E-state index contributed by atoms with van der Waals surface area (Å²) in [6, 6.07) is 12.8. The zero-order valence-electron chi connectivity index (χ0n) is 13.6. The Balaban J connectivity index is 1.69. The van der Waals surface area contributed by atoms with Gasteiger partial charge < -0.3 is 9.84 Å². The van der Waals surface area contributed by atoms with Gasteiger partial charge in [0, 0.05) is 22.4 Å². The fourth-order valence-electron chi connectivity index (χ4n) is 2.20. The fourth-order valence-corrected chi connectivity index (χ4v) is 3.05. The minimum Gasteiger partial charge on any atom is -0.343 e. The average molecular weight is 392 g/mol. The van der Waals surface area contributed by atoms with Crippen LogP contribution in [-0.4, -0.2) is 30.7 Å². The summed E-state index contributed by atoms with van der Waals surface area (Å²) in [6.45, 7) is 0.00943. The molecule has 0 saturated carbocycles. The van der Waals surface area contributed by atoms with E-state index in [1.54, 1.807) is 24.3 Å². The van der Waals surface area contributed by atoms with Gasteiger partial charge in [-0.2, -0.15) is 4.98 Å². The number of carbonyl (C=O) groups excluding carboxylic acids is 1. The number of hydrogen-bond acceptors (Lipinski definition) is 6. The molecular formula is C17H14ClN3O4S. The molecule has 0 fully saturated rings. The predicted octanol–water partition coefficient (Wildman–Crippen LogP) is 2.72. The molecule has 7 nitrogen and oxygen atoms in total. The summed E-state index contributed by atoms with van der Waals surface area (Å²) in [5.41, 5.74) is 0.919. The molecule has 3 rings (SSSR count). The number of nitrogens with one attached hydrogen (secondary N) is 1. The van der Waals surface area contributed by atoms with E-state index in [1.165, 1.54) is 24.3 Å². The Kier molecular flexibility index (Phi) is 5.06. The molecule has 9 heteroatoms. The van der Waals surface area contributed by atoms with Gasteiger partial charge >= 0.3 is 0 Å². The normalized spacial score (nSPS) is 11.3. The van der Waals surface area contributed by atoms with Crippen molar-refractivity contribution in [2.75, 3.05) is 6.26 Å². The number of nitrogens with zero attached hydrogens (tertiary/aromatic N) is 2. The summed E-state index contributed by atoms with van der Waals surface area (Å²) < 4.78 is 28.3. The number of benzene rings is 2. The van der Waals surface area contributed by atoms with Gasteiger partial charge in [0.1, 0.15) is 0 Å². The van der Waals surface area contributed by atoms with Crippen LogP contribution < -0.4 is 5.32 Å². The molecular weight excluding hydrogens is 378 g/mol. The lowest BCUT2D eigenvalue weighted by Gasteiger charge is -2.04. The van der Waals surface area contributed by atoms with Crippen molar-refractivity contribution in [3.8, 4) is 11.4 Å². The first-order chi connectivity index (χ1) is 12.3. The molecule has 134 valence electrons. The topological polar surface area (TPSA) is 102 Å². The van der Waals surface area contributed by atoms with E-state index in [9.17, 15) is 13.2 Å². The summed E-state index contributed by atoms with van der Waals surface area (Å²) in [4.78, 5) is 16.5. The van der Waals surface area contributed by atoms with Crippen molar-refractivity contribution >= 4 is 27.3 Å². The quantitative estimate of drug-likeness (QED) is 0.717. The van der Waals surface area contributed by atoms with Gasteiger partial charge in [-0.15, -0.1) is 0 Å². The third-order valence-corrected chi connectivity index (χ3v) is 4.82. The van der Waals surface area contributed by atoms with Crippen LogP contribution in [0.4, 0.5) is 0 Å². The maximum atomic E-state index is 12.2. The standard InChI is InChI=1S/C17H14ClN3O4S/c1-26(23,24)14-7-3-5-12(9-14)17(22)19-10-15-20-16(21-25-15)11-4-2-6-13(18)8-11/h2-9H,10H2,1H3,(H,19,22). The molecule has 0 atom stereocenters. The highest BCUT2D eigenvalue weighted by molar-refractivity contribution is 7.90. The van der Waals surface area contributed by atoms with Crippen molar-refractivity contribution in [2.24, 2.45) is 0 Å². The molecule has 0 aliphatic carbocycles. The summed E-state index contributed by atoms with van der Waals surface area (Å²) in [6.07, 6.45) is 1.08. The van der Waals surface area contributed by atoms with Gasteiger partial charge in [0.05, 0.1) is 11.4 Å². The molecule has 3 aromatic rings. The predicted molar refractivity (Wildman–Crippen MR) is 95.5 cm³/mol. The lowest BCUT2D eigenvalue weighted by molar-refractivity contribution is 0.0946. The van der Waals surface area contributed by atoms with Gasteiger partial charge in [-0.25, -0.2) is 8.42 Å². The molecule has 0 aliphatic heterocycles. The van der Waals surface area contributed by atoms with E-state index in [2.05, 4.69) is 15.5 Å². The minimum absolute atomic E-state index is 0.00943. The number of sulfone groups is 1. The van der Waals surface area contributed by atoms with E-state index in [0.29, 0.717) is 16.4 Å². The molecule has 0 unspecified atom stereocenters. The van der Waals surface area contributed by atoms with E-state index in [1.807, 2.05) is 0 Å². The fraction of sp³-hybridized carbons (Fsp3) is 0.118. The Morgan fingerprint density at radius 1 is 1.19 bits per heavy atom. The molecule has 1 amide bonds. The lowest BCUT2D eigenvalue weighted by Crippen LogP contribution is -2.23. The SMILES string of the molecule is CS(=O)(=O)c1cccc(C(=O)NCc2nc(-c3cccc(Cl)c3)no2)c1. The van der Waals surface area contributed by atoms with E-state index >= 15 is 0 Å². The molecule has 1 aromatic heterocycles. The molecule has 0 radical (unpaired) electrons. The van der Waals surface area contributed by atoms with Gasteiger partial charge in [-0.05, 0) is 30.3 Å². The first kappa shape index (κ1) is 18.1. The first-order valence-corrected chi connectivity index (χ1v) is 9.77. The third-order valence-electron chi connectivity index (χ3n) is 3.48. The Morgan fingerprint density at radius 3 is 2.69 bits per heavy atom. The van der Waals surface area contributed by atoms with Crippen molar-refractivity contribution in [1.82, 2.24) is 15.5 Å². The Labute approximate surface area is 154 Å². The van der Waals surface area contributed by atoms with Gasteiger partial charge in [0.2, 0.25) is 11.7 Å². The van der Waals surface area contributed by atoms with Crippen LogP contribution in [0.3, 0.4) is 0 Å². The molecule has 1 heterocycles. The van der Waals surface area contributed by atoms with Crippen LogP contribution in [0.2, 0.25) is 5.02 Å². The highest BCUT2D eigenvalue weighted by Gasteiger charge is 2.13. The molecule has 26 heavy (non-hydrogen) atoms. The maximum Gasteiger partial charge on any atom is 0.251 e. The van der Waals surface area contributed by atoms with Crippen molar-refractivity contribution in [1.29, 1.82) is 0 Å². The second-order valence-corrected chi connectivity index (χ2v) is 7.96. The van der Waals surface area contributed by atoms with Crippen LogP contribution in [0.15, 0.2) is 57.9 Å². The zero-order chi connectivity index (χ0) is 18.7. The number of hydrogen-bond donors (Lipinski definition) is 1. The Hall–Kier alpha value is -2.71.